The van der Waals surface area contributed by atoms with Gasteiger partial charge in [0.15, 0.2) is 0 Å². The molecule has 2 saturated heterocycles. The lowest BCUT2D eigenvalue weighted by molar-refractivity contribution is -0.148. The Morgan fingerprint density at radius 3 is 2.43 bits per heavy atom. The fourth-order valence-corrected chi connectivity index (χ4v) is 4.34. The maximum atomic E-state index is 12.9. The molecule has 2 aliphatic rings. The molecule has 132 valence electrons. The third kappa shape index (κ3) is 4.63. The van der Waals surface area contributed by atoms with Crippen molar-refractivity contribution in [1.82, 2.24) is 15.1 Å². The van der Waals surface area contributed by atoms with Crippen LogP contribution in [0.5, 0.6) is 0 Å². The lowest BCUT2D eigenvalue weighted by Crippen LogP contribution is -2.53. The number of thioether (sulfide) groups is 1. The van der Waals surface area contributed by atoms with Crippen LogP contribution < -0.4 is 5.32 Å². The summed E-state index contributed by atoms with van der Waals surface area (Å²) in [5.41, 5.74) is -0.428. The Labute approximate surface area is 144 Å². The number of hydrogen-bond acceptors (Lipinski definition) is 4. The Kier molecular flexibility index (Phi) is 6.37. The van der Waals surface area contributed by atoms with Gasteiger partial charge in [-0.05, 0) is 31.8 Å². The normalized spacial score (nSPS) is 23.4. The van der Waals surface area contributed by atoms with Crippen molar-refractivity contribution in [2.75, 3.05) is 37.8 Å². The van der Waals surface area contributed by atoms with Crippen molar-refractivity contribution in [3.8, 4) is 0 Å². The number of carbonyl (C=O) groups is 2. The molecule has 0 bridgehead atoms. The van der Waals surface area contributed by atoms with Gasteiger partial charge in [0.2, 0.25) is 11.8 Å². The van der Waals surface area contributed by atoms with Crippen LogP contribution in [0.3, 0.4) is 0 Å². The zero-order valence-electron chi connectivity index (χ0n) is 14.9. The first-order valence-corrected chi connectivity index (χ1v) is 9.88. The molecule has 0 spiro atoms. The molecule has 0 aromatic heterocycles. The van der Waals surface area contributed by atoms with E-state index in [2.05, 4.69) is 12.2 Å². The quantitative estimate of drug-likeness (QED) is 0.847. The molecule has 0 aromatic carbocycles. The molecular weight excluding hydrogens is 310 g/mol. The minimum absolute atomic E-state index is 0.0860. The summed E-state index contributed by atoms with van der Waals surface area (Å²) in [6.45, 7) is 11.6. The van der Waals surface area contributed by atoms with Crippen molar-refractivity contribution in [2.45, 2.75) is 46.6 Å². The maximum Gasteiger partial charge on any atom is 0.246 e. The first-order valence-electron chi connectivity index (χ1n) is 8.73. The summed E-state index contributed by atoms with van der Waals surface area (Å²) in [7, 11) is 0. The van der Waals surface area contributed by atoms with Crippen LogP contribution in [-0.4, -0.2) is 65.5 Å². The molecule has 0 aromatic rings. The number of carbonyl (C=O) groups excluding carboxylic acids is 2. The molecular formula is C17H31N3O2S. The van der Waals surface area contributed by atoms with Crippen molar-refractivity contribution >= 4 is 23.6 Å². The second kappa shape index (κ2) is 7.88. The monoisotopic (exact) mass is 341 g/mol. The first kappa shape index (κ1) is 18.6. The van der Waals surface area contributed by atoms with Crippen molar-refractivity contribution in [1.29, 1.82) is 0 Å². The SMILES string of the molecule is CCNCC1CCN(C(=O)C2CSCN2C(=O)C(C)(C)C)CC1. The van der Waals surface area contributed by atoms with Gasteiger partial charge in [0.25, 0.3) is 0 Å². The number of nitrogens with zero attached hydrogens (tertiary/aromatic N) is 2. The van der Waals surface area contributed by atoms with Crippen LogP contribution >= 0.6 is 11.8 Å². The number of likely N-dealkylation sites (tertiary alicyclic amines) is 1. The van der Waals surface area contributed by atoms with Gasteiger partial charge in [-0.3, -0.25) is 9.59 Å². The van der Waals surface area contributed by atoms with E-state index in [4.69, 9.17) is 0 Å². The van der Waals surface area contributed by atoms with E-state index < -0.39 is 5.41 Å². The topological polar surface area (TPSA) is 52.7 Å². The second-order valence-corrected chi connectivity index (χ2v) is 8.62. The molecule has 2 aliphatic heterocycles. The van der Waals surface area contributed by atoms with E-state index in [0.717, 1.165) is 44.8 Å². The molecule has 2 heterocycles. The Hall–Kier alpha value is -0.750. The van der Waals surface area contributed by atoms with E-state index >= 15 is 0 Å². The van der Waals surface area contributed by atoms with Gasteiger partial charge in [-0.1, -0.05) is 27.7 Å². The molecule has 0 aliphatic carbocycles. The summed E-state index contributed by atoms with van der Waals surface area (Å²) >= 11 is 1.69. The smallest absolute Gasteiger partial charge is 0.246 e. The van der Waals surface area contributed by atoms with Gasteiger partial charge < -0.3 is 15.1 Å². The largest absolute Gasteiger partial charge is 0.341 e. The summed E-state index contributed by atoms with van der Waals surface area (Å²) in [5, 5.41) is 3.40. The van der Waals surface area contributed by atoms with Gasteiger partial charge in [-0.15, -0.1) is 11.8 Å². The lowest BCUT2D eigenvalue weighted by atomic mass is 9.93. The van der Waals surface area contributed by atoms with Gasteiger partial charge in [0.1, 0.15) is 6.04 Å². The van der Waals surface area contributed by atoms with E-state index in [1.807, 2.05) is 25.7 Å². The summed E-state index contributed by atoms with van der Waals surface area (Å²) in [6, 6.07) is -0.267. The van der Waals surface area contributed by atoms with E-state index in [9.17, 15) is 9.59 Å². The predicted molar refractivity (Wildman–Crippen MR) is 95.3 cm³/mol. The Morgan fingerprint density at radius 2 is 1.87 bits per heavy atom. The zero-order chi connectivity index (χ0) is 17.0. The number of piperidine rings is 1. The Bertz CT molecular complexity index is 428. The van der Waals surface area contributed by atoms with Crippen molar-refractivity contribution in [2.24, 2.45) is 11.3 Å². The van der Waals surface area contributed by atoms with E-state index in [1.54, 1.807) is 16.7 Å². The van der Waals surface area contributed by atoms with Crippen LogP contribution in [0, 0.1) is 11.3 Å². The molecule has 2 rings (SSSR count). The molecule has 23 heavy (non-hydrogen) atoms. The average molecular weight is 342 g/mol. The van der Waals surface area contributed by atoms with Crippen LogP contribution in [-0.2, 0) is 9.59 Å². The molecule has 0 saturated carbocycles. The Morgan fingerprint density at radius 1 is 1.22 bits per heavy atom. The van der Waals surface area contributed by atoms with Crippen LogP contribution in [0.1, 0.15) is 40.5 Å². The fraction of sp³-hybridized carbons (Fsp3) is 0.882. The van der Waals surface area contributed by atoms with Crippen molar-refractivity contribution in [3.63, 3.8) is 0 Å². The lowest BCUT2D eigenvalue weighted by Gasteiger charge is -2.36. The molecule has 5 nitrogen and oxygen atoms in total. The highest BCUT2D eigenvalue weighted by Crippen LogP contribution is 2.29. The van der Waals surface area contributed by atoms with Gasteiger partial charge in [0.05, 0.1) is 5.88 Å². The fourth-order valence-electron chi connectivity index (χ4n) is 3.19. The maximum absolute atomic E-state index is 12.9. The summed E-state index contributed by atoms with van der Waals surface area (Å²) in [5.74, 6) is 2.28. The molecule has 1 N–H and O–H groups in total. The third-order valence-electron chi connectivity index (χ3n) is 4.68. The molecule has 2 amide bonds. The standard InChI is InChI=1S/C17H31N3O2S/c1-5-18-10-13-6-8-19(9-7-13)15(21)14-11-23-12-20(14)16(22)17(2,3)4/h13-14,18H,5-12H2,1-4H3. The second-order valence-electron chi connectivity index (χ2n) is 7.62. The van der Waals surface area contributed by atoms with Crippen LogP contribution in [0.15, 0.2) is 0 Å². The summed E-state index contributed by atoms with van der Waals surface area (Å²) < 4.78 is 0. The predicted octanol–water partition coefficient (Wildman–Crippen LogP) is 1.78. The molecule has 1 unspecified atom stereocenters. The molecule has 2 fully saturated rings. The van der Waals surface area contributed by atoms with Crippen LogP contribution in [0.2, 0.25) is 0 Å². The van der Waals surface area contributed by atoms with E-state index in [0.29, 0.717) is 11.8 Å². The van der Waals surface area contributed by atoms with Crippen LogP contribution in [0.25, 0.3) is 0 Å². The van der Waals surface area contributed by atoms with Gasteiger partial charge >= 0.3 is 0 Å². The Balaban J connectivity index is 1.91. The molecule has 1 atom stereocenters. The minimum Gasteiger partial charge on any atom is -0.341 e. The number of amides is 2. The number of rotatable bonds is 4. The highest BCUT2D eigenvalue weighted by molar-refractivity contribution is 7.99. The van der Waals surface area contributed by atoms with Crippen molar-refractivity contribution in [3.05, 3.63) is 0 Å². The van der Waals surface area contributed by atoms with Crippen molar-refractivity contribution < 1.29 is 9.59 Å². The number of hydrogen-bond donors (Lipinski definition) is 1. The van der Waals surface area contributed by atoms with E-state index in [-0.39, 0.29) is 17.9 Å². The molecule has 6 heteroatoms. The van der Waals surface area contributed by atoms with Gasteiger partial charge in [-0.2, -0.15) is 0 Å². The van der Waals surface area contributed by atoms with Gasteiger partial charge in [0, 0.05) is 24.3 Å². The van der Waals surface area contributed by atoms with E-state index in [1.165, 1.54) is 0 Å². The molecule has 0 radical (unpaired) electrons. The summed E-state index contributed by atoms with van der Waals surface area (Å²) in [6.07, 6.45) is 2.12. The highest BCUT2D eigenvalue weighted by atomic mass is 32.2. The zero-order valence-corrected chi connectivity index (χ0v) is 15.7. The van der Waals surface area contributed by atoms with Gasteiger partial charge in [-0.25, -0.2) is 0 Å². The third-order valence-corrected chi connectivity index (χ3v) is 5.69. The first-order chi connectivity index (χ1) is 10.8. The highest BCUT2D eigenvalue weighted by Gasteiger charge is 2.41. The van der Waals surface area contributed by atoms with Crippen LogP contribution in [0.4, 0.5) is 0 Å². The summed E-state index contributed by atoms with van der Waals surface area (Å²) in [4.78, 5) is 29.2. The number of nitrogens with one attached hydrogen (secondary N) is 1. The minimum atomic E-state index is -0.428. The average Bonchev–Trinajstić information content (AvgIpc) is 3.00.